The van der Waals surface area contributed by atoms with Gasteiger partial charge in [0.05, 0.1) is 11.4 Å². The molecule has 0 spiro atoms. The number of rotatable bonds is 3. The molecule has 0 aliphatic carbocycles. The molecule has 0 fully saturated rings. The smallest absolute Gasteiger partial charge is 0.118 e. The Morgan fingerprint density at radius 1 is 1.33 bits per heavy atom. The van der Waals surface area contributed by atoms with Crippen LogP contribution in [0.3, 0.4) is 0 Å². The molecule has 0 amide bonds. The van der Waals surface area contributed by atoms with Crippen molar-refractivity contribution in [3.8, 4) is 11.3 Å². The van der Waals surface area contributed by atoms with E-state index < -0.39 is 0 Å². The number of thioether (sulfide) groups is 1. The second kappa shape index (κ2) is 6.92. The molecule has 0 radical (unpaired) electrons. The minimum absolute atomic E-state index is 0.220. The summed E-state index contributed by atoms with van der Waals surface area (Å²) < 4.78 is 0. The van der Waals surface area contributed by atoms with Gasteiger partial charge < -0.3 is 16.9 Å². The molecular formula is C20H20N6S. The van der Waals surface area contributed by atoms with E-state index in [0.717, 1.165) is 40.3 Å². The van der Waals surface area contributed by atoms with E-state index in [2.05, 4.69) is 27.8 Å². The number of allylic oxidation sites excluding steroid dienone is 4. The Morgan fingerprint density at radius 3 is 2.89 bits per heavy atom. The summed E-state index contributed by atoms with van der Waals surface area (Å²) in [5.74, 6) is 1.57. The van der Waals surface area contributed by atoms with Gasteiger partial charge in [-0.25, -0.2) is 4.99 Å². The third-order valence-corrected chi connectivity index (χ3v) is 5.94. The summed E-state index contributed by atoms with van der Waals surface area (Å²) in [4.78, 5) is 5.46. The van der Waals surface area contributed by atoms with Gasteiger partial charge in [-0.15, -0.1) is 11.8 Å². The van der Waals surface area contributed by atoms with Gasteiger partial charge >= 0.3 is 0 Å². The summed E-state index contributed by atoms with van der Waals surface area (Å²) >= 11 is 1.78. The number of nitrogens with two attached hydrogens (primary N) is 2. The Morgan fingerprint density at radius 2 is 2.19 bits per heavy atom. The molecule has 7 heteroatoms. The summed E-state index contributed by atoms with van der Waals surface area (Å²) in [5, 5.41) is 15.0. The van der Waals surface area contributed by atoms with Gasteiger partial charge in [-0.3, -0.25) is 5.10 Å². The van der Waals surface area contributed by atoms with Crippen LogP contribution in [0.2, 0.25) is 0 Å². The average molecular weight is 376 g/mol. The van der Waals surface area contributed by atoms with E-state index in [4.69, 9.17) is 16.9 Å². The van der Waals surface area contributed by atoms with Crippen molar-refractivity contribution in [1.29, 1.82) is 5.41 Å². The number of hydrogen-bond acceptors (Lipinski definition) is 6. The van der Waals surface area contributed by atoms with E-state index in [0.29, 0.717) is 17.1 Å². The van der Waals surface area contributed by atoms with Gasteiger partial charge in [0.15, 0.2) is 0 Å². The summed E-state index contributed by atoms with van der Waals surface area (Å²) in [6.07, 6.45) is 8.07. The first-order valence-corrected chi connectivity index (χ1v) is 9.56. The van der Waals surface area contributed by atoms with E-state index >= 15 is 0 Å². The van der Waals surface area contributed by atoms with Crippen molar-refractivity contribution in [3.63, 3.8) is 0 Å². The van der Waals surface area contributed by atoms with Crippen LogP contribution >= 0.6 is 11.8 Å². The lowest BCUT2D eigenvalue weighted by atomic mass is 10.00. The van der Waals surface area contributed by atoms with Crippen molar-refractivity contribution in [2.45, 2.75) is 12.2 Å². The van der Waals surface area contributed by atoms with Crippen molar-refractivity contribution in [2.24, 2.45) is 16.6 Å². The highest BCUT2D eigenvalue weighted by molar-refractivity contribution is 8.02. The molecule has 1 aromatic heterocycles. The van der Waals surface area contributed by atoms with Crippen LogP contribution in [0.5, 0.6) is 0 Å². The van der Waals surface area contributed by atoms with Crippen LogP contribution in [0.25, 0.3) is 16.8 Å². The van der Waals surface area contributed by atoms with Gasteiger partial charge in [-0.1, -0.05) is 18.7 Å². The van der Waals surface area contributed by atoms with Crippen molar-refractivity contribution in [2.75, 3.05) is 5.73 Å². The number of aromatic nitrogens is 2. The van der Waals surface area contributed by atoms with Crippen molar-refractivity contribution in [3.05, 3.63) is 64.5 Å². The summed E-state index contributed by atoms with van der Waals surface area (Å²) in [7, 11) is 0. The monoisotopic (exact) mass is 376 g/mol. The number of fused-ring (bicyclic) bond motifs is 1. The maximum atomic E-state index is 7.40. The predicted octanol–water partition coefficient (Wildman–Crippen LogP) is 3.69. The molecule has 27 heavy (non-hydrogen) atoms. The molecule has 6 N–H and O–H groups in total. The molecule has 136 valence electrons. The highest BCUT2D eigenvalue weighted by atomic mass is 32.2. The Labute approximate surface area is 161 Å². The number of aromatic amines is 1. The normalized spacial score (nSPS) is 19.1. The molecular weight excluding hydrogens is 356 g/mol. The molecule has 1 unspecified atom stereocenters. The van der Waals surface area contributed by atoms with E-state index in [1.54, 1.807) is 11.8 Å². The Balaban J connectivity index is 1.65. The van der Waals surface area contributed by atoms with Crippen LogP contribution in [-0.4, -0.2) is 22.6 Å². The minimum Gasteiger partial charge on any atom is -0.398 e. The minimum atomic E-state index is 0.220. The zero-order valence-corrected chi connectivity index (χ0v) is 15.5. The number of aliphatic imine (C=N–C) groups is 1. The van der Waals surface area contributed by atoms with E-state index in [1.807, 2.05) is 30.5 Å². The summed E-state index contributed by atoms with van der Waals surface area (Å²) in [6, 6.07) is 5.68. The number of nitrogens with one attached hydrogen (secondary N) is 2. The van der Waals surface area contributed by atoms with Gasteiger partial charge in [0.25, 0.3) is 0 Å². The zero-order chi connectivity index (χ0) is 19.0. The van der Waals surface area contributed by atoms with Gasteiger partial charge in [0, 0.05) is 46.5 Å². The zero-order valence-electron chi connectivity index (χ0n) is 14.7. The molecule has 2 aliphatic heterocycles. The Hall–Kier alpha value is -3.06. The molecule has 1 atom stereocenters. The molecule has 0 bridgehead atoms. The van der Waals surface area contributed by atoms with Gasteiger partial charge in [0.1, 0.15) is 5.82 Å². The molecule has 3 heterocycles. The first-order valence-electron chi connectivity index (χ1n) is 8.58. The fraction of sp³-hybridized carbons (Fsp3) is 0.150. The second-order valence-corrected chi connectivity index (χ2v) is 7.57. The number of benzene rings is 1. The lowest BCUT2D eigenvalue weighted by Crippen LogP contribution is -2.10. The van der Waals surface area contributed by atoms with E-state index in [-0.39, 0.29) is 5.92 Å². The molecule has 0 saturated heterocycles. The quantitative estimate of drug-likeness (QED) is 0.483. The number of hydrogen-bond donors (Lipinski definition) is 4. The standard InChI is InChI=1S/C20H20N6S/c1-11-6-17(14-4-5-18(23)24-9-14)27-10-15-19(11)25-26-20(15)12-2-3-13(8-21)16(22)7-12/h2-3,5-9,14,21H,1,4,10,22-23H2,(H,25,26). The molecule has 1 aromatic carbocycles. The van der Waals surface area contributed by atoms with Crippen LogP contribution in [0.15, 0.2) is 52.6 Å². The fourth-order valence-corrected chi connectivity index (χ4v) is 4.44. The van der Waals surface area contributed by atoms with Crippen LogP contribution in [0.1, 0.15) is 23.2 Å². The lowest BCUT2D eigenvalue weighted by Gasteiger charge is -2.16. The Kier molecular flexibility index (Phi) is 4.45. The number of anilines is 1. The topological polar surface area (TPSA) is 117 Å². The molecule has 6 nitrogen and oxygen atoms in total. The van der Waals surface area contributed by atoms with Crippen LogP contribution in [0.4, 0.5) is 5.69 Å². The first kappa shape index (κ1) is 17.4. The average Bonchev–Trinajstić information content (AvgIpc) is 3.02. The molecule has 0 saturated carbocycles. The number of nitrogens with zero attached hydrogens (tertiary/aromatic N) is 2. The maximum Gasteiger partial charge on any atom is 0.118 e. The van der Waals surface area contributed by atoms with Crippen molar-refractivity contribution in [1.82, 2.24) is 10.2 Å². The molecule has 2 aromatic rings. The maximum absolute atomic E-state index is 7.40. The third kappa shape index (κ3) is 3.21. The number of H-pyrrole nitrogens is 1. The van der Waals surface area contributed by atoms with Crippen molar-refractivity contribution < 1.29 is 0 Å². The van der Waals surface area contributed by atoms with Gasteiger partial charge in [-0.05, 0) is 35.1 Å². The van der Waals surface area contributed by atoms with E-state index in [1.165, 1.54) is 11.1 Å². The summed E-state index contributed by atoms with van der Waals surface area (Å²) in [5.41, 5.74) is 17.8. The second-order valence-electron chi connectivity index (χ2n) is 6.52. The first-order chi connectivity index (χ1) is 13.1. The highest BCUT2D eigenvalue weighted by Crippen LogP contribution is 2.40. The van der Waals surface area contributed by atoms with E-state index in [9.17, 15) is 0 Å². The molecule has 2 aliphatic rings. The largest absolute Gasteiger partial charge is 0.398 e. The van der Waals surface area contributed by atoms with Crippen LogP contribution in [0, 0.1) is 11.3 Å². The molecule has 4 rings (SSSR count). The van der Waals surface area contributed by atoms with Crippen LogP contribution in [-0.2, 0) is 5.75 Å². The van der Waals surface area contributed by atoms with Crippen molar-refractivity contribution >= 4 is 35.5 Å². The SMILES string of the molecule is C=C1C=C(C2C=NC(N)=CC2)SCc2c1n[nH]c2-c1ccc(C=N)c(N)c1. The fourth-order valence-electron chi connectivity index (χ4n) is 3.25. The highest BCUT2D eigenvalue weighted by Gasteiger charge is 2.24. The van der Waals surface area contributed by atoms with Gasteiger partial charge in [0.2, 0.25) is 0 Å². The van der Waals surface area contributed by atoms with Gasteiger partial charge in [-0.2, -0.15) is 5.10 Å². The predicted molar refractivity (Wildman–Crippen MR) is 114 cm³/mol. The van der Waals surface area contributed by atoms with Crippen LogP contribution < -0.4 is 11.5 Å². The Bertz CT molecular complexity index is 1030. The number of nitrogen functional groups attached to an aromatic ring is 1. The third-order valence-electron chi connectivity index (χ3n) is 4.75. The lowest BCUT2D eigenvalue weighted by molar-refractivity contribution is 0.850. The summed E-state index contributed by atoms with van der Waals surface area (Å²) in [6.45, 7) is 4.22.